The number of benzene rings is 1. The van der Waals surface area contributed by atoms with E-state index in [1.807, 2.05) is 18.2 Å². The molecule has 0 saturated carbocycles. The molecule has 1 aromatic rings. The van der Waals surface area contributed by atoms with Crippen LogP contribution in [-0.2, 0) is 16.0 Å². The molecule has 1 aromatic carbocycles. The summed E-state index contributed by atoms with van der Waals surface area (Å²) in [6.45, 7) is 0.0829. The van der Waals surface area contributed by atoms with Gasteiger partial charge in [0.15, 0.2) is 0 Å². The molecule has 0 fully saturated rings. The fourth-order valence-electron chi connectivity index (χ4n) is 2.15. The molecule has 0 bridgehead atoms. The maximum Gasteiger partial charge on any atom is 0.246 e. The van der Waals surface area contributed by atoms with Crippen molar-refractivity contribution in [3.63, 3.8) is 0 Å². The highest BCUT2D eigenvalue weighted by molar-refractivity contribution is 5.77. The molecular formula is C12H16N2O2. The van der Waals surface area contributed by atoms with E-state index in [0.29, 0.717) is 0 Å². The fraction of sp³-hybridized carbons (Fsp3) is 0.417. The zero-order valence-electron chi connectivity index (χ0n) is 9.27. The van der Waals surface area contributed by atoms with Gasteiger partial charge in [0.25, 0.3) is 0 Å². The molecule has 86 valence electrons. The van der Waals surface area contributed by atoms with E-state index >= 15 is 0 Å². The van der Waals surface area contributed by atoms with E-state index in [-0.39, 0.29) is 24.6 Å². The van der Waals surface area contributed by atoms with Crippen LogP contribution in [0, 0.1) is 0 Å². The highest BCUT2D eigenvalue weighted by atomic mass is 16.5. The van der Waals surface area contributed by atoms with Crippen LogP contribution in [0.5, 0.6) is 0 Å². The monoisotopic (exact) mass is 220 g/mol. The second-order valence-corrected chi connectivity index (χ2v) is 4.04. The molecule has 4 nitrogen and oxygen atoms in total. The third kappa shape index (κ3) is 2.08. The topological polar surface area (TPSA) is 64.3 Å². The van der Waals surface area contributed by atoms with Crippen LogP contribution in [0.4, 0.5) is 0 Å². The highest BCUT2D eigenvalue weighted by Gasteiger charge is 2.30. The maximum absolute atomic E-state index is 11.4. The quantitative estimate of drug-likeness (QED) is 0.773. The van der Waals surface area contributed by atoms with Gasteiger partial charge in [0.05, 0.1) is 12.1 Å². The van der Waals surface area contributed by atoms with Crippen molar-refractivity contribution in [2.45, 2.75) is 18.5 Å². The van der Waals surface area contributed by atoms with Gasteiger partial charge in [0.2, 0.25) is 5.91 Å². The predicted molar refractivity (Wildman–Crippen MR) is 60.9 cm³/mol. The lowest BCUT2D eigenvalue weighted by molar-refractivity contribution is -0.125. The predicted octanol–water partition coefficient (Wildman–Crippen LogP) is 0.374. The van der Waals surface area contributed by atoms with Crippen LogP contribution < -0.4 is 11.1 Å². The van der Waals surface area contributed by atoms with Crippen molar-refractivity contribution in [2.24, 2.45) is 5.73 Å². The Kier molecular flexibility index (Phi) is 3.22. The number of hydrogen-bond acceptors (Lipinski definition) is 3. The molecule has 4 heteroatoms. The van der Waals surface area contributed by atoms with Gasteiger partial charge in [0.1, 0.15) is 6.61 Å². The van der Waals surface area contributed by atoms with E-state index in [1.54, 1.807) is 0 Å². The van der Waals surface area contributed by atoms with Crippen molar-refractivity contribution in [3.8, 4) is 0 Å². The summed E-state index contributed by atoms with van der Waals surface area (Å²) < 4.78 is 4.77. The summed E-state index contributed by atoms with van der Waals surface area (Å²) in [5, 5.41) is 2.89. The number of carbonyl (C=O) groups excluding carboxylic acids is 1. The molecule has 2 rings (SSSR count). The Hall–Kier alpha value is -1.39. The molecule has 1 aliphatic carbocycles. The Bertz CT molecular complexity index is 392. The summed E-state index contributed by atoms with van der Waals surface area (Å²) in [4.78, 5) is 11.4. The van der Waals surface area contributed by atoms with Gasteiger partial charge < -0.3 is 15.8 Å². The zero-order chi connectivity index (χ0) is 11.5. The van der Waals surface area contributed by atoms with Crippen molar-refractivity contribution >= 4 is 5.91 Å². The number of amides is 1. The first kappa shape index (κ1) is 11.1. The van der Waals surface area contributed by atoms with Crippen LogP contribution >= 0.6 is 0 Å². The van der Waals surface area contributed by atoms with Crippen molar-refractivity contribution in [3.05, 3.63) is 35.4 Å². The number of hydrogen-bond donors (Lipinski definition) is 2. The second kappa shape index (κ2) is 4.63. The molecule has 16 heavy (non-hydrogen) atoms. The van der Waals surface area contributed by atoms with E-state index in [2.05, 4.69) is 11.4 Å². The summed E-state index contributed by atoms with van der Waals surface area (Å²) >= 11 is 0. The summed E-state index contributed by atoms with van der Waals surface area (Å²) in [6.07, 6.45) is 0.798. The smallest absolute Gasteiger partial charge is 0.246 e. The van der Waals surface area contributed by atoms with Crippen LogP contribution in [0.15, 0.2) is 24.3 Å². The summed E-state index contributed by atoms with van der Waals surface area (Å²) in [5.41, 5.74) is 8.43. The molecule has 0 aromatic heterocycles. The van der Waals surface area contributed by atoms with Crippen molar-refractivity contribution in [1.29, 1.82) is 0 Å². The molecule has 3 N–H and O–H groups in total. The van der Waals surface area contributed by atoms with E-state index in [4.69, 9.17) is 10.5 Å². The molecule has 0 saturated heterocycles. The van der Waals surface area contributed by atoms with Gasteiger partial charge in [-0.05, 0) is 17.5 Å². The SMILES string of the molecule is COCC(=O)N[C@H]1Cc2ccccc2[C@@H]1N. The average molecular weight is 220 g/mol. The number of ether oxygens (including phenoxy) is 1. The maximum atomic E-state index is 11.4. The number of nitrogens with two attached hydrogens (primary N) is 1. The first-order valence-electron chi connectivity index (χ1n) is 5.34. The number of nitrogens with one attached hydrogen (secondary N) is 1. The minimum Gasteiger partial charge on any atom is -0.375 e. The van der Waals surface area contributed by atoms with Crippen LogP contribution in [0.3, 0.4) is 0 Å². The molecule has 1 amide bonds. The van der Waals surface area contributed by atoms with E-state index in [9.17, 15) is 4.79 Å². The van der Waals surface area contributed by atoms with Crippen LogP contribution in [-0.4, -0.2) is 25.7 Å². The van der Waals surface area contributed by atoms with E-state index in [0.717, 1.165) is 12.0 Å². The van der Waals surface area contributed by atoms with Crippen LogP contribution in [0.25, 0.3) is 0 Å². The molecule has 0 radical (unpaired) electrons. The zero-order valence-corrected chi connectivity index (χ0v) is 9.27. The average Bonchev–Trinajstić information content (AvgIpc) is 2.57. The first-order chi connectivity index (χ1) is 7.72. The van der Waals surface area contributed by atoms with Gasteiger partial charge in [0, 0.05) is 7.11 Å². The second-order valence-electron chi connectivity index (χ2n) is 4.04. The van der Waals surface area contributed by atoms with E-state index < -0.39 is 0 Å². The van der Waals surface area contributed by atoms with Gasteiger partial charge in [-0.25, -0.2) is 0 Å². The highest BCUT2D eigenvalue weighted by Crippen LogP contribution is 2.29. The van der Waals surface area contributed by atoms with Gasteiger partial charge >= 0.3 is 0 Å². The Morgan fingerprint density at radius 1 is 1.56 bits per heavy atom. The largest absolute Gasteiger partial charge is 0.375 e. The Morgan fingerprint density at radius 2 is 2.31 bits per heavy atom. The summed E-state index contributed by atoms with van der Waals surface area (Å²) in [5.74, 6) is -0.115. The molecule has 0 heterocycles. The lowest BCUT2D eigenvalue weighted by Gasteiger charge is -2.17. The van der Waals surface area contributed by atoms with Crippen molar-refractivity contribution in [2.75, 3.05) is 13.7 Å². The number of methoxy groups -OCH3 is 1. The Balaban J connectivity index is 2.04. The minimum absolute atomic E-state index is 0.0138. The first-order valence-corrected chi connectivity index (χ1v) is 5.34. The third-order valence-corrected chi connectivity index (χ3v) is 2.91. The molecule has 0 spiro atoms. The fourth-order valence-corrected chi connectivity index (χ4v) is 2.15. The Morgan fingerprint density at radius 3 is 3.00 bits per heavy atom. The number of fused-ring (bicyclic) bond motifs is 1. The van der Waals surface area contributed by atoms with Crippen molar-refractivity contribution in [1.82, 2.24) is 5.32 Å². The van der Waals surface area contributed by atoms with Gasteiger partial charge in [-0.2, -0.15) is 0 Å². The lowest BCUT2D eigenvalue weighted by Crippen LogP contribution is -2.42. The van der Waals surface area contributed by atoms with Gasteiger partial charge in [-0.3, -0.25) is 4.79 Å². The number of carbonyl (C=O) groups is 1. The standard InChI is InChI=1S/C12H16N2O2/c1-16-7-11(15)14-10-6-8-4-2-3-5-9(8)12(10)13/h2-5,10,12H,6-7,13H2,1H3,(H,14,15)/t10-,12-/m0/s1. The van der Waals surface area contributed by atoms with Crippen LogP contribution in [0.1, 0.15) is 17.2 Å². The van der Waals surface area contributed by atoms with Gasteiger partial charge in [-0.1, -0.05) is 24.3 Å². The number of rotatable bonds is 3. The Labute approximate surface area is 94.8 Å². The summed E-state index contributed by atoms with van der Waals surface area (Å²) in [6, 6.07) is 7.90. The van der Waals surface area contributed by atoms with Crippen molar-refractivity contribution < 1.29 is 9.53 Å². The lowest BCUT2D eigenvalue weighted by atomic mass is 10.1. The molecule has 2 atom stereocenters. The third-order valence-electron chi connectivity index (χ3n) is 2.91. The normalized spacial score (nSPS) is 22.9. The molecule has 1 aliphatic rings. The van der Waals surface area contributed by atoms with Gasteiger partial charge in [-0.15, -0.1) is 0 Å². The van der Waals surface area contributed by atoms with Crippen LogP contribution in [0.2, 0.25) is 0 Å². The molecule has 0 aliphatic heterocycles. The molecule has 0 unspecified atom stereocenters. The van der Waals surface area contributed by atoms with E-state index in [1.165, 1.54) is 12.7 Å². The molecular weight excluding hydrogens is 204 g/mol. The minimum atomic E-state index is -0.115. The summed E-state index contributed by atoms with van der Waals surface area (Å²) in [7, 11) is 1.50.